The third-order valence-corrected chi connectivity index (χ3v) is 4.76. The van der Waals surface area contributed by atoms with E-state index in [1.54, 1.807) is 5.38 Å². The smallest absolute Gasteiger partial charge is 0.358 e. The summed E-state index contributed by atoms with van der Waals surface area (Å²) >= 11 is 6.98. The van der Waals surface area contributed by atoms with Gasteiger partial charge in [0.1, 0.15) is 10.8 Å². The van der Waals surface area contributed by atoms with Crippen molar-refractivity contribution in [3.05, 3.63) is 70.4 Å². The van der Waals surface area contributed by atoms with Gasteiger partial charge >= 0.3 is 5.97 Å². The Labute approximate surface area is 163 Å². The van der Waals surface area contributed by atoms with E-state index in [-0.39, 0.29) is 10.7 Å². The standard InChI is InChI=1S/C19H14ClFN2O3S/c1-11(17(24)22-13-7-8-15(21)14(20)9-13)26-19(25)16-10-27-18(23-16)12-5-3-2-4-6-12/h2-11H,1H3,(H,22,24)/t11-/m1/s1. The Morgan fingerprint density at radius 3 is 2.67 bits per heavy atom. The largest absolute Gasteiger partial charge is 0.448 e. The molecular weight excluding hydrogens is 391 g/mol. The van der Waals surface area contributed by atoms with Crippen molar-refractivity contribution >= 4 is 40.5 Å². The quantitative estimate of drug-likeness (QED) is 0.621. The van der Waals surface area contributed by atoms with E-state index < -0.39 is 23.8 Å². The van der Waals surface area contributed by atoms with Gasteiger partial charge in [-0.1, -0.05) is 41.9 Å². The summed E-state index contributed by atoms with van der Waals surface area (Å²) in [7, 11) is 0. The van der Waals surface area contributed by atoms with Crippen molar-refractivity contribution in [1.29, 1.82) is 0 Å². The first kappa shape index (κ1) is 19.0. The molecule has 0 aliphatic rings. The maximum atomic E-state index is 13.2. The second-order valence-corrected chi connectivity index (χ2v) is 6.83. The number of carbonyl (C=O) groups excluding carboxylic acids is 2. The Morgan fingerprint density at radius 2 is 1.96 bits per heavy atom. The molecule has 0 unspecified atom stereocenters. The molecule has 1 amide bonds. The topological polar surface area (TPSA) is 68.3 Å². The monoisotopic (exact) mass is 404 g/mol. The summed E-state index contributed by atoms with van der Waals surface area (Å²) in [5.74, 6) is -1.86. The molecule has 2 aromatic carbocycles. The Kier molecular flexibility index (Phi) is 5.83. The molecule has 0 aliphatic heterocycles. The van der Waals surface area contributed by atoms with Crippen LogP contribution in [0.3, 0.4) is 0 Å². The molecule has 1 heterocycles. The first-order valence-electron chi connectivity index (χ1n) is 7.92. The van der Waals surface area contributed by atoms with Gasteiger partial charge in [-0.15, -0.1) is 11.3 Å². The van der Waals surface area contributed by atoms with Gasteiger partial charge in [-0.3, -0.25) is 4.79 Å². The molecule has 5 nitrogen and oxygen atoms in total. The minimum Gasteiger partial charge on any atom is -0.448 e. The first-order valence-corrected chi connectivity index (χ1v) is 9.17. The van der Waals surface area contributed by atoms with Crippen molar-refractivity contribution in [1.82, 2.24) is 4.98 Å². The lowest BCUT2D eigenvalue weighted by Gasteiger charge is -2.13. The number of hydrogen-bond acceptors (Lipinski definition) is 5. The highest BCUT2D eigenvalue weighted by Gasteiger charge is 2.21. The summed E-state index contributed by atoms with van der Waals surface area (Å²) in [5, 5.41) is 4.65. The minimum atomic E-state index is -1.07. The molecule has 0 saturated carbocycles. The summed E-state index contributed by atoms with van der Waals surface area (Å²) in [6.45, 7) is 1.43. The van der Waals surface area contributed by atoms with E-state index in [0.717, 1.165) is 11.6 Å². The second kappa shape index (κ2) is 8.28. The van der Waals surface area contributed by atoms with Gasteiger partial charge in [-0.25, -0.2) is 14.2 Å². The highest BCUT2D eigenvalue weighted by molar-refractivity contribution is 7.13. The van der Waals surface area contributed by atoms with Gasteiger partial charge < -0.3 is 10.1 Å². The van der Waals surface area contributed by atoms with Crippen LogP contribution < -0.4 is 5.32 Å². The molecule has 138 valence electrons. The lowest BCUT2D eigenvalue weighted by atomic mass is 10.2. The number of nitrogens with zero attached hydrogens (tertiary/aromatic N) is 1. The molecular formula is C19H14ClFN2O3S. The molecule has 8 heteroatoms. The van der Waals surface area contributed by atoms with E-state index in [2.05, 4.69) is 10.3 Å². The summed E-state index contributed by atoms with van der Waals surface area (Å²) < 4.78 is 18.3. The fraction of sp³-hybridized carbons (Fsp3) is 0.105. The molecule has 1 atom stereocenters. The molecule has 0 radical (unpaired) electrons. The molecule has 0 aliphatic carbocycles. The SMILES string of the molecule is C[C@@H](OC(=O)c1csc(-c2ccccc2)n1)C(=O)Nc1ccc(F)c(Cl)c1. The Bertz CT molecular complexity index is 978. The molecule has 27 heavy (non-hydrogen) atoms. The summed E-state index contributed by atoms with van der Waals surface area (Å²) in [6.07, 6.45) is -1.07. The van der Waals surface area contributed by atoms with E-state index in [1.807, 2.05) is 30.3 Å². The number of carbonyl (C=O) groups is 2. The fourth-order valence-corrected chi connectivity index (χ4v) is 3.15. The van der Waals surface area contributed by atoms with Gasteiger partial charge in [0.2, 0.25) is 0 Å². The average Bonchev–Trinajstić information content (AvgIpc) is 3.16. The van der Waals surface area contributed by atoms with Crippen LogP contribution in [0.5, 0.6) is 0 Å². The lowest BCUT2D eigenvalue weighted by Crippen LogP contribution is -2.30. The van der Waals surface area contributed by atoms with Crippen LogP contribution in [0, 0.1) is 5.82 Å². The number of nitrogens with one attached hydrogen (secondary N) is 1. The van der Waals surface area contributed by atoms with Gasteiger partial charge in [0, 0.05) is 16.6 Å². The molecule has 3 aromatic rings. The van der Waals surface area contributed by atoms with Crippen molar-refractivity contribution in [3.63, 3.8) is 0 Å². The van der Waals surface area contributed by atoms with Crippen molar-refractivity contribution in [2.24, 2.45) is 0 Å². The average molecular weight is 405 g/mol. The fourth-order valence-electron chi connectivity index (χ4n) is 2.17. The van der Waals surface area contributed by atoms with Crippen molar-refractivity contribution < 1.29 is 18.7 Å². The van der Waals surface area contributed by atoms with Gasteiger partial charge in [0.05, 0.1) is 5.02 Å². The van der Waals surface area contributed by atoms with Crippen LogP contribution in [0.15, 0.2) is 53.9 Å². The Balaban J connectivity index is 1.62. The van der Waals surface area contributed by atoms with Crippen molar-refractivity contribution in [2.45, 2.75) is 13.0 Å². The lowest BCUT2D eigenvalue weighted by molar-refractivity contribution is -0.123. The number of halogens is 2. The summed E-state index contributed by atoms with van der Waals surface area (Å²) in [5.41, 5.74) is 1.32. The van der Waals surface area contributed by atoms with E-state index in [0.29, 0.717) is 10.7 Å². The molecule has 1 aromatic heterocycles. The number of thiazole rings is 1. The number of aromatic nitrogens is 1. The van der Waals surface area contributed by atoms with Gasteiger partial charge in [0.15, 0.2) is 11.8 Å². The molecule has 1 N–H and O–H groups in total. The summed E-state index contributed by atoms with van der Waals surface area (Å²) in [6, 6.07) is 13.2. The zero-order chi connectivity index (χ0) is 19.4. The normalized spacial score (nSPS) is 11.7. The van der Waals surface area contributed by atoms with Crippen LogP contribution in [0.2, 0.25) is 5.02 Å². The number of ether oxygens (including phenoxy) is 1. The Morgan fingerprint density at radius 1 is 1.22 bits per heavy atom. The third-order valence-electron chi connectivity index (χ3n) is 3.57. The molecule has 0 bridgehead atoms. The van der Waals surface area contributed by atoms with Crippen LogP contribution in [0.25, 0.3) is 10.6 Å². The van der Waals surface area contributed by atoms with Crippen LogP contribution in [-0.4, -0.2) is 23.0 Å². The van der Waals surface area contributed by atoms with Crippen LogP contribution in [-0.2, 0) is 9.53 Å². The van der Waals surface area contributed by atoms with Gasteiger partial charge in [-0.2, -0.15) is 0 Å². The van der Waals surface area contributed by atoms with Crippen LogP contribution in [0.1, 0.15) is 17.4 Å². The molecule has 0 saturated heterocycles. The molecule has 0 fully saturated rings. The van der Waals surface area contributed by atoms with Crippen LogP contribution in [0.4, 0.5) is 10.1 Å². The minimum absolute atomic E-state index is 0.117. The van der Waals surface area contributed by atoms with Crippen molar-refractivity contribution in [2.75, 3.05) is 5.32 Å². The molecule has 3 rings (SSSR count). The zero-order valence-electron chi connectivity index (χ0n) is 14.1. The van der Waals surface area contributed by atoms with E-state index in [9.17, 15) is 14.0 Å². The predicted octanol–water partition coefficient (Wildman–Crippen LogP) is 4.79. The van der Waals surface area contributed by atoms with Crippen LogP contribution >= 0.6 is 22.9 Å². The second-order valence-electron chi connectivity index (χ2n) is 5.57. The third kappa shape index (κ3) is 4.69. The number of anilines is 1. The van der Waals surface area contributed by atoms with Crippen molar-refractivity contribution in [3.8, 4) is 10.6 Å². The Hall–Kier alpha value is -2.77. The number of benzene rings is 2. The van der Waals surface area contributed by atoms with E-state index in [4.69, 9.17) is 16.3 Å². The van der Waals surface area contributed by atoms with E-state index in [1.165, 1.54) is 30.4 Å². The first-order chi connectivity index (χ1) is 12.9. The number of esters is 1. The number of hydrogen-bond donors (Lipinski definition) is 1. The highest BCUT2D eigenvalue weighted by atomic mass is 35.5. The number of rotatable bonds is 5. The number of amides is 1. The predicted molar refractivity (Wildman–Crippen MR) is 102 cm³/mol. The highest BCUT2D eigenvalue weighted by Crippen LogP contribution is 2.24. The molecule has 0 spiro atoms. The zero-order valence-corrected chi connectivity index (χ0v) is 15.7. The maximum Gasteiger partial charge on any atom is 0.358 e. The van der Waals surface area contributed by atoms with Gasteiger partial charge in [0.25, 0.3) is 5.91 Å². The van der Waals surface area contributed by atoms with E-state index >= 15 is 0 Å². The summed E-state index contributed by atoms with van der Waals surface area (Å²) in [4.78, 5) is 28.6. The maximum absolute atomic E-state index is 13.2. The van der Waals surface area contributed by atoms with Gasteiger partial charge in [-0.05, 0) is 25.1 Å².